The van der Waals surface area contributed by atoms with Crippen LogP contribution in [-0.2, 0) is 113 Å². The van der Waals surface area contributed by atoms with Crippen LogP contribution >= 0.6 is 0 Å². The molecule has 30 heavy (non-hydrogen) atoms. The Labute approximate surface area is 218 Å². The van der Waals surface area contributed by atoms with E-state index in [2.05, 4.69) is 9.47 Å². The van der Waals surface area contributed by atoms with Crippen molar-refractivity contribution in [2.24, 2.45) is 10.8 Å². The maximum absolute atomic E-state index is 10.9. The molecule has 2 saturated heterocycles. The number of rotatable bonds is 4. The van der Waals surface area contributed by atoms with Crippen molar-refractivity contribution in [3.63, 3.8) is 0 Å². The maximum Gasteiger partial charge on any atom is 0.357 e. The van der Waals surface area contributed by atoms with E-state index in [4.69, 9.17) is 15.9 Å². The second-order valence-electron chi connectivity index (χ2n) is 4.37. The maximum atomic E-state index is 10.9. The van der Waals surface area contributed by atoms with Gasteiger partial charge < -0.3 is 55.3 Å². The van der Waals surface area contributed by atoms with Gasteiger partial charge in [-0.15, -0.1) is 0 Å². The molecule has 2 aliphatic rings. The predicted molar refractivity (Wildman–Crippen MR) is 82.7 cm³/mol. The average Bonchev–Trinajstić information content (AvgIpc) is 2.46. The normalized spacial score (nSPS) is 14.2. The molecule has 2 rings (SSSR count). The smallest absolute Gasteiger partial charge is 0.357 e. The van der Waals surface area contributed by atoms with Crippen LogP contribution in [0.1, 0.15) is 0 Å². The number of amides is 2. The molecule has 0 aliphatic carbocycles. The first-order valence-electron chi connectivity index (χ1n) is 5.90. The molecule has 0 unspecified atom stereocenters. The molecule has 0 bridgehead atoms. The van der Waals surface area contributed by atoms with E-state index in [1.165, 1.54) is 0 Å². The SMILES string of the molecule is CNC(=O)C(C([NH-])=O)(C(=O)O)C(=O)O.O=C1OC(=O)C12C(=O)OC2=O.[CH3-].[NH2-].[NH2-].[Y].[Y]. The van der Waals surface area contributed by atoms with Gasteiger partial charge in [-0.2, -0.15) is 0 Å². The molecule has 1 spiro atoms. The largest absolute Gasteiger partial charge is 0.693 e. The zero-order valence-corrected chi connectivity index (χ0v) is 21.0. The van der Waals surface area contributed by atoms with E-state index in [9.17, 15) is 38.4 Å². The number of carbonyl (C=O) groups excluding carboxylic acids is 6. The molecule has 2 fully saturated rings. The van der Waals surface area contributed by atoms with Crippen molar-refractivity contribution < 1.29 is 123 Å². The summed E-state index contributed by atoms with van der Waals surface area (Å²) in [4.78, 5) is 84.6. The van der Waals surface area contributed by atoms with Crippen molar-refractivity contribution in [3.05, 3.63) is 25.5 Å². The molecule has 164 valence electrons. The van der Waals surface area contributed by atoms with Gasteiger partial charge in [0.1, 0.15) is 0 Å². The molecule has 2 aliphatic heterocycles. The average molecular weight is 584 g/mol. The van der Waals surface area contributed by atoms with Crippen molar-refractivity contribution in [3.8, 4) is 0 Å². The number of hydrogen-bond donors (Lipinski definition) is 3. The summed E-state index contributed by atoms with van der Waals surface area (Å²) in [6.07, 6.45) is 0. The van der Waals surface area contributed by atoms with Crippen LogP contribution in [0.5, 0.6) is 0 Å². The van der Waals surface area contributed by atoms with E-state index in [1.807, 2.05) is 0 Å². The Morgan fingerprint density at radius 3 is 1.20 bits per heavy atom. The topological polar surface area (TPSA) is 298 Å². The van der Waals surface area contributed by atoms with Gasteiger partial charge >= 0.3 is 41.2 Å². The minimum absolute atomic E-state index is 0. The van der Waals surface area contributed by atoms with Crippen LogP contribution in [0.25, 0.3) is 18.0 Å². The van der Waals surface area contributed by atoms with Gasteiger partial charge in [0.25, 0.3) is 11.3 Å². The van der Waals surface area contributed by atoms with Gasteiger partial charge in [-0.3, -0.25) is 4.79 Å². The van der Waals surface area contributed by atoms with Crippen LogP contribution in [0.4, 0.5) is 0 Å². The Hall–Kier alpha value is -1.71. The molecule has 0 aromatic carbocycles. The number of nitrogens with two attached hydrogens (primary N) is 2. The van der Waals surface area contributed by atoms with Crippen molar-refractivity contribution in [2.45, 2.75) is 0 Å². The summed E-state index contributed by atoms with van der Waals surface area (Å²) in [5.41, 5.74) is 0.914. The second kappa shape index (κ2) is 13.6. The van der Waals surface area contributed by atoms with Crippen LogP contribution < -0.4 is 5.32 Å². The fraction of sp³-hybridized carbons (Fsp3) is 0.250. The van der Waals surface area contributed by atoms with Crippen molar-refractivity contribution >= 4 is 47.6 Å². The van der Waals surface area contributed by atoms with Crippen molar-refractivity contribution in [1.29, 1.82) is 0 Å². The van der Waals surface area contributed by atoms with Crippen LogP contribution in [-0.4, -0.2) is 64.9 Å². The van der Waals surface area contributed by atoms with Crippen molar-refractivity contribution in [2.75, 3.05) is 7.05 Å². The zero-order valence-electron chi connectivity index (χ0n) is 15.3. The van der Waals surface area contributed by atoms with Gasteiger partial charge in [0.15, 0.2) is 0 Å². The summed E-state index contributed by atoms with van der Waals surface area (Å²) in [7, 11) is 0.964. The minimum atomic E-state index is -3.38. The molecule has 0 atom stereocenters. The van der Waals surface area contributed by atoms with Gasteiger partial charge in [-0.05, 0) is 0 Å². The summed E-state index contributed by atoms with van der Waals surface area (Å²) in [5.74, 6) is -12.5. The number of cyclic esters (lactones) is 4. The van der Waals surface area contributed by atoms with E-state index in [0.717, 1.165) is 7.05 Å². The number of carbonyl (C=O) groups is 8. The first-order valence-corrected chi connectivity index (χ1v) is 5.90. The number of carboxylic acid groups (broad SMARTS) is 2. The summed E-state index contributed by atoms with van der Waals surface area (Å²) in [6.45, 7) is 0. The predicted octanol–water partition coefficient (Wildman–Crippen LogP) is -1.51. The molecule has 16 nitrogen and oxygen atoms in total. The first-order chi connectivity index (χ1) is 11.4. The third-order valence-electron chi connectivity index (χ3n) is 3.15. The van der Waals surface area contributed by atoms with E-state index < -0.39 is 58.5 Å². The molecule has 0 aromatic heterocycles. The molecule has 2 heterocycles. The first kappa shape index (κ1) is 38.8. The Morgan fingerprint density at radius 1 is 0.867 bits per heavy atom. The Morgan fingerprint density at radius 2 is 1.13 bits per heavy atom. The van der Waals surface area contributed by atoms with Crippen LogP contribution in [0.2, 0.25) is 0 Å². The summed E-state index contributed by atoms with van der Waals surface area (Å²) < 4.78 is 7.68. The standard InChI is InChI=1S/C6H8N2O6.C5O6.CH3.2H2N.2Y/c1-8-3(10)6(2(7)9,4(11)12)5(13)14;6-1-5(2(7)10-1)3(8)11-4(5)9;;;;;/h1H3,(H5,7,8,9,10,11,12,13,14);;1H3;2*1H2;;/q;;3*-1;;/p-1. The molecule has 0 saturated carbocycles. The molecule has 18 heteroatoms. The Bertz CT molecular complexity index is 669. The number of ether oxygens (including phenoxy) is 2. The number of aliphatic carboxylic acids is 2. The van der Waals surface area contributed by atoms with Crippen molar-refractivity contribution in [1.82, 2.24) is 5.32 Å². The third-order valence-corrected chi connectivity index (χ3v) is 3.15. The van der Waals surface area contributed by atoms with E-state index >= 15 is 0 Å². The van der Waals surface area contributed by atoms with E-state index in [1.54, 1.807) is 5.32 Å². The number of esters is 4. The quantitative estimate of drug-likeness (QED) is 0.193. The van der Waals surface area contributed by atoms with Crippen LogP contribution in [0.15, 0.2) is 0 Å². The monoisotopic (exact) mass is 584 g/mol. The number of hydrogen-bond acceptors (Lipinski definition) is 10. The summed E-state index contributed by atoms with van der Waals surface area (Å²) in [5, 5.41) is 18.7. The molecule has 2 radical (unpaired) electrons. The zero-order chi connectivity index (χ0) is 19.7. The van der Waals surface area contributed by atoms with Gasteiger partial charge in [-0.25, -0.2) is 28.8 Å². The minimum Gasteiger partial charge on any atom is -0.693 e. The van der Waals surface area contributed by atoms with E-state index in [0.29, 0.717) is 0 Å². The molecule has 8 N–H and O–H groups in total. The fourth-order valence-corrected chi connectivity index (χ4v) is 1.65. The number of nitrogens with one attached hydrogen (secondary N) is 2. The van der Waals surface area contributed by atoms with Gasteiger partial charge in [-0.1, -0.05) is 0 Å². The van der Waals surface area contributed by atoms with Crippen LogP contribution in [0.3, 0.4) is 0 Å². The third kappa shape index (κ3) is 5.31. The molecular weight excluding hydrogens is 570 g/mol. The van der Waals surface area contributed by atoms with Crippen LogP contribution in [0, 0.1) is 18.3 Å². The second-order valence-corrected chi connectivity index (χ2v) is 4.37. The molecule has 2 amide bonds. The summed E-state index contributed by atoms with van der Waals surface area (Å²) >= 11 is 0. The van der Waals surface area contributed by atoms with Gasteiger partial charge in [0, 0.05) is 72.5 Å². The molecule has 0 aromatic rings. The summed E-state index contributed by atoms with van der Waals surface area (Å²) in [6, 6.07) is 0. The van der Waals surface area contributed by atoms with Gasteiger partial charge in [0.2, 0.25) is 0 Å². The Kier molecular flexibility index (Phi) is 17.6. The number of carboxylic acids is 2. The molecular formula is C12H14N4O12Y2-4. The van der Waals surface area contributed by atoms with Gasteiger partial charge in [0.05, 0.1) is 5.91 Å². The fourth-order valence-electron chi connectivity index (χ4n) is 1.65. The Balaban J connectivity index is -0.000000120. The van der Waals surface area contributed by atoms with E-state index in [-0.39, 0.29) is 85.1 Å².